The molecule has 1 unspecified atom stereocenters. The average molecular weight is 483 g/mol. The number of hydrogen-bond acceptors (Lipinski definition) is 5. The van der Waals surface area contributed by atoms with Crippen molar-refractivity contribution in [2.45, 2.75) is 44.6 Å². The van der Waals surface area contributed by atoms with E-state index in [1.807, 2.05) is 42.5 Å². The quantitative estimate of drug-likeness (QED) is 0.295. The number of aliphatic hydroxyl groups excluding tert-OH is 2. The first-order valence-electron chi connectivity index (χ1n) is 12.3. The van der Waals surface area contributed by atoms with Crippen molar-refractivity contribution in [1.29, 1.82) is 0 Å². The van der Waals surface area contributed by atoms with Gasteiger partial charge in [0, 0.05) is 18.2 Å². The predicted molar refractivity (Wildman–Crippen MR) is 141 cm³/mol. The molecule has 5 N–H and O–H groups in total. The number of aromatic hydroxyl groups is 3. The summed E-state index contributed by atoms with van der Waals surface area (Å²) in [6.45, 7) is 0. The van der Waals surface area contributed by atoms with Crippen molar-refractivity contribution in [1.82, 2.24) is 0 Å². The molecule has 1 atom stereocenters. The van der Waals surface area contributed by atoms with Crippen LogP contribution in [-0.4, -0.2) is 31.6 Å². The monoisotopic (exact) mass is 482 g/mol. The highest BCUT2D eigenvalue weighted by molar-refractivity contribution is 5.94. The van der Waals surface area contributed by atoms with Crippen molar-refractivity contribution >= 4 is 10.8 Å². The van der Waals surface area contributed by atoms with Gasteiger partial charge in [-0.15, -0.1) is 0 Å². The van der Waals surface area contributed by atoms with Crippen LogP contribution in [0.1, 0.15) is 41.5 Å². The minimum atomic E-state index is -0.462. The zero-order chi connectivity index (χ0) is 25.2. The van der Waals surface area contributed by atoms with Gasteiger partial charge in [-0.05, 0) is 89.2 Å². The number of aliphatic hydroxyl groups is 2. The number of hydrogen-bond donors (Lipinski definition) is 5. The van der Waals surface area contributed by atoms with Crippen LogP contribution in [-0.2, 0) is 19.3 Å². The third kappa shape index (κ3) is 5.16. The summed E-state index contributed by atoms with van der Waals surface area (Å²) < 4.78 is 0. The summed E-state index contributed by atoms with van der Waals surface area (Å²) >= 11 is 0. The molecule has 5 nitrogen and oxygen atoms in total. The molecule has 0 radical (unpaired) electrons. The molecule has 0 aliphatic heterocycles. The largest absolute Gasteiger partial charge is 0.512 e. The van der Waals surface area contributed by atoms with Crippen molar-refractivity contribution in [3.8, 4) is 17.2 Å². The molecule has 36 heavy (non-hydrogen) atoms. The molecule has 0 saturated heterocycles. The van der Waals surface area contributed by atoms with E-state index in [1.54, 1.807) is 30.4 Å². The van der Waals surface area contributed by atoms with Crippen LogP contribution < -0.4 is 0 Å². The molecular weight excluding hydrogens is 452 g/mol. The molecule has 3 aromatic rings. The van der Waals surface area contributed by atoms with E-state index in [2.05, 4.69) is 0 Å². The van der Waals surface area contributed by atoms with E-state index in [4.69, 9.17) is 0 Å². The van der Waals surface area contributed by atoms with Crippen molar-refractivity contribution in [2.75, 3.05) is 0 Å². The standard InChI is InChI=1S/C31H30O5/c32-25-7-1-19(2-8-25)13-22-16-24(15-21-5-11-27(34)12-6-21)31(36)29-18-30(35)23(17-28(22)29)14-20-3-9-26(33)10-4-20/h1-3,5-7,9,11-12,16-18,25,32-36H,4,8,10,13-15H2. The normalized spacial score (nSPS) is 17.6. The highest BCUT2D eigenvalue weighted by Crippen LogP contribution is 2.39. The Bertz CT molecular complexity index is 1420. The van der Waals surface area contributed by atoms with Gasteiger partial charge in [-0.3, -0.25) is 0 Å². The van der Waals surface area contributed by atoms with Gasteiger partial charge in [0.2, 0.25) is 0 Å². The number of phenolic OH excluding ortho intramolecular Hbond substituents is 3. The molecule has 2 aliphatic carbocycles. The fourth-order valence-corrected chi connectivity index (χ4v) is 4.95. The summed E-state index contributed by atoms with van der Waals surface area (Å²) in [4.78, 5) is 0. The van der Waals surface area contributed by atoms with Crippen LogP contribution in [0.5, 0.6) is 17.2 Å². The smallest absolute Gasteiger partial charge is 0.127 e. The highest BCUT2D eigenvalue weighted by Gasteiger charge is 2.18. The Kier molecular flexibility index (Phi) is 6.57. The van der Waals surface area contributed by atoms with E-state index >= 15 is 0 Å². The third-order valence-corrected chi connectivity index (χ3v) is 6.98. The SMILES string of the molecule is OC1=CC=C(Cc2cc3c(CC4=CCC(O)C=C4)cc(Cc4ccc(O)cc4)c(O)c3cc2O)CC1. The second-order valence-corrected chi connectivity index (χ2v) is 9.69. The predicted octanol–water partition coefficient (Wildman–Crippen LogP) is 6.04. The van der Waals surface area contributed by atoms with Crippen LogP contribution in [0.3, 0.4) is 0 Å². The van der Waals surface area contributed by atoms with E-state index in [0.717, 1.165) is 45.2 Å². The molecule has 0 spiro atoms. The lowest BCUT2D eigenvalue weighted by Gasteiger charge is -2.18. The molecule has 5 rings (SSSR count). The Morgan fingerprint density at radius 3 is 2.25 bits per heavy atom. The van der Waals surface area contributed by atoms with E-state index in [-0.39, 0.29) is 17.2 Å². The molecule has 184 valence electrons. The first kappa shape index (κ1) is 23.8. The molecule has 0 saturated carbocycles. The van der Waals surface area contributed by atoms with Crippen LogP contribution in [0.25, 0.3) is 10.8 Å². The maximum Gasteiger partial charge on any atom is 0.127 e. The number of rotatable bonds is 6. The number of allylic oxidation sites excluding steroid dienone is 6. The molecule has 5 heteroatoms. The maximum absolute atomic E-state index is 11.2. The van der Waals surface area contributed by atoms with Crippen LogP contribution >= 0.6 is 0 Å². The van der Waals surface area contributed by atoms with E-state index in [1.165, 1.54) is 0 Å². The van der Waals surface area contributed by atoms with E-state index in [9.17, 15) is 25.5 Å². The second-order valence-electron chi connectivity index (χ2n) is 9.69. The van der Waals surface area contributed by atoms with Gasteiger partial charge >= 0.3 is 0 Å². The third-order valence-electron chi connectivity index (χ3n) is 6.98. The van der Waals surface area contributed by atoms with Crippen molar-refractivity contribution in [3.05, 3.63) is 112 Å². The number of phenols is 3. The lowest BCUT2D eigenvalue weighted by atomic mass is 9.88. The van der Waals surface area contributed by atoms with Crippen molar-refractivity contribution in [3.63, 3.8) is 0 Å². The molecule has 0 aromatic heterocycles. The van der Waals surface area contributed by atoms with Gasteiger partial charge in [-0.25, -0.2) is 0 Å². The Morgan fingerprint density at radius 1 is 0.750 bits per heavy atom. The summed E-state index contributed by atoms with van der Waals surface area (Å²) in [5.74, 6) is 0.826. The molecule has 0 amide bonds. The minimum absolute atomic E-state index is 0.130. The average Bonchev–Trinajstić information content (AvgIpc) is 2.87. The maximum atomic E-state index is 11.2. The zero-order valence-corrected chi connectivity index (χ0v) is 20.0. The van der Waals surface area contributed by atoms with Gasteiger partial charge in [0.05, 0.1) is 11.9 Å². The van der Waals surface area contributed by atoms with Crippen LogP contribution in [0.4, 0.5) is 0 Å². The summed E-state index contributed by atoms with van der Waals surface area (Å²) in [6, 6.07) is 12.6. The van der Waals surface area contributed by atoms with Crippen LogP contribution in [0.2, 0.25) is 0 Å². The fourth-order valence-electron chi connectivity index (χ4n) is 4.95. The van der Waals surface area contributed by atoms with Gasteiger partial charge in [0.1, 0.15) is 17.2 Å². The van der Waals surface area contributed by atoms with Crippen LogP contribution in [0.15, 0.2) is 89.8 Å². The van der Waals surface area contributed by atoms with Gasteiger partial charge in [-0.1, -0.05) is 48.1 Å². The highest BCUT2D eigenvalue weighted by atomic mass is 16.3. The Morgan fingerprint density at radius 2 is 1.56 bits per heavy atom. The molecule has 0 heterocycles. The minimum Gasteiger partial charge on any atom is -0.512 e. The second kappa shape index (κ2) is 9.96. The first-order valence-corrected chi connectivity index (χ1v) is 12.3. The van der Waals surface area contributed by atoms with Gasteiger partial charge in [0.25, 0.3) is 0 Å². The Hall–Kier alpha value is -3.96. The number of benzene rings is 3. The van der Waals surface area contributed by atoms with Gasteiger partial charge in [-0.2, -0.15) is 0 Å². The van der Waals surface area contributed by atoms with Crippen molar-refractivity contribution in [2.24, 2.45) is 0 Å². The van der Waals surface area contributed by atoms with Gasteiger partial charge < -0.3 is 25.5 Å². The van der Waals surface area contributed by atoms with Crippen LogP contribution in [0, 0.1) is 0 Å². The first-order chi connectivity index (χ1) is 17.4. The molecule has 3 aromatic carbocycles. The summed E-state index contributed by atoms with van der Waals surface area (Å²) in [6.07, 6.45) is 12.5. The topological polar surface area (TPSA) is 101 Å². The van der Waals surface area contributed by atoms with E-state index < -0.39 is 6.10 Å². The van der Waals surface area contributed by atoms with Crippen molar-refractivity contribution < 1.29 is 25.5 Å². The lowest BCUT2D eigenvalue weighted by molar-refractivity contribution is 0.225. The molecular formula is C31H30O5. The molecule has 0 fully saturated rings. The summed E-state index contributed by atoms with van der Waals surface area (Å²) in [5.41, 5.74) is 5.72. The lowest BCUT2D eigenvalue weighted by Crippen LogP contribution is -2.05. The van der Waals surface area contributed by atoms with Gasteiger partial charge in [0.15, 0.2) is 0 Å². The Labute approximate surface area is 210 Å². The fraction of sp³-hybridized carbons (Fsp3) is 0.226. The Balaban J connectivity index is 1.58. The molecule has 0 bridgehead atoms. The van der Waals surface area contributed by atoms with E-state index in [0.29, 0.717) is 43.2 Å². The number of fused-ring (bicyclic) bond motifs is 1. The summed E-state index contributed by atoms with van der Waals surface area (Å²) in [7, 11) is 0. The molecule has 2 aliphatic rings. The zero-order valence-electron chi connectivity index (χ0n) is 20.0. The summed E-state index contributed by atoms with van der Waals surface area (Å²) in [5, 5.41) is 52.7.